The fraction of sp³-hybridized carbons (Fsp3) is 0.143. The average molecular weight is 401 g/mol. The van der Waals surface area contributed by atoms with E-state index in [2.05, 4.69) is 28.3 Å². The first kappa shape index (κ1) is 20.7. The van der Waals surface area contributed by atoms with Crippen LogP contribution < -0.4 is 11.1 Å². The van der Waals surface area contributed by atoms with Crippen molar-refractivity contribution in [2.45, 2.75) is 20.3 Å². The van der Waals surface area contributed by atoms with E-state index in [1.54, 1.807) is 0 Å². The Morgan fingerprint density at radius 3 is 2.81 bits per heavy atom. The van der Waals surface area contributed by atoms with Crippen LogP contribution in [0.5, 0.6) is 0 Å². The van der Waals surface area contributed by atoms with Crippen LogP contribution in [-0.2, 0) is 0 Å². The minimum absolute atomic E-state index is 0.137. The summed E-state index contributed by atoms with van der Waals surface area (Å²) in [7, 11) is 0. The lowest BCUT2D eigenvalue weighted by Crippen LogP contribution is -1.96. The Kier molecular flexibility index (Phi) is 8.11. The van der Waals surface area contributed by atoms with E-state index >= 15 is 0 Å². The molecular weight excluding hydrogens is 379 g/mol. The second-order valence-electron chi connectivity index (χ2n) is 5.68. The van der Waals surface area contributed by atoms with Crippen molar-refractivity contribution < 1.29 is 0 Å². The van der Waals surface area contributed by atoms with Gasteiger partial charge in [0.1, 0.15) is 5.02 Å². The zero-order valence-electron chi connectivity index (χ0n) is 15.3. The molecule has 1 heterocycles. The zero-order valence-corrected chi connectivity index (χ0v) is 16.8. The van der Waals surface area contributed by atoms with E-state index in [0.717, 1.165) is 23.2 Å². The van der Waals surface area contributed by atoms with Crippen LogP contribution in [0.25, 0.3) is 6.08 Å². The highest BCUT2D eigenvalue weighted by atomic mass is 35.5. The van der Waals surface area contributed by atoms with Crippen LogP contribution in [0.2, 0.25) is 10.3 Å². The number of rotatable bonds is 7. The van der Waals surface area contributed by atoms with Crippen LogP contribution in [0.1, 0.15) is 25.8 Å². The summed E-state index contributed by atoms with van der Waals surface area (Å²) in [5, 5.41) is 3.70. The smallest absolute Gasteiger partial charge is 0.224 e. The fourth-order valence-electron chi connectivity index (χ4n) is 2.33. The van der Waals surface area contributed by atoms with Crippen LogP contribution in [0, 0.1) is 0 Å². The highest BCUT2D eigenvalue weighted by molar-refractivity contribution is 6.33. The highest BCUT2D eigenvalue weighted by Crippen LogP contribution is 2.24. The summed E-state index contributed by atoms with van der Waals surface area (Å²) in [5.41, 5.74) is 9.61. The summed E-state index contributed by atoms with van der Waals surface area (Å²) in [6.07, 6.45) is 14.3. The molecule has 27 heavy (non-hydrogen) atoms. The van der Waals surface area contributed by atoms with Crippen molar-refractivity contribution in [3.63, 3.8) is 0 Å². The molecule has 0 aliphatic carbocycles. The average Bonchev–Trinajstić information content (AvgIpc) is 2.63. The molecule has 0 bridgehead atoms. The summed E-state index contributed by atoms with van der Waals surface area (Å²) < 4.78 is 0. The Bertz CT molecular complexity index is 899. The molecule has 0 saturated heterocycles. The first-order valence-electron chi connectivity index (χ1n) is 8.55. The Labute approximate surface area is 170 Å². The molecule has 0 aliphatic rings. The fourth-order valence-corrected chi connectivity index (χ4v) is 2.60. The maximum absolute atomic E-state index is 6.11. The van der Waals surface area contributed by atoms with Gasteiger partial charge in [-0.1, -0.05) is 55.0 Å². The van der Waals surface area contributed by atoms with Gasteiger partial charge in [0.15, 0.2) is 5.82 Å². The normalized spacial score (nSPS) is 12.9. The van der Waals surface area contributed by atoms with Crippen molar-refractivity contribution in [2.75, 3.05) is 5.32 Å². The molecule has 0 aliphatic heterocycles. The number of nitrogens with one attached hydrogen (secondary N) is 1. The van der Waals surface area contributed by atoms with E-state index in [9.17, 15) is 0 Å². The molecule has 0 radical (unpaired) electrons. The van der Waals surface area contributed by atoms with Gasteiger partial charge >= 0.3 is 0 Å². The topological polar surface area (TPSA) is 63.8 Å². The predicted molar refractivity (Wildman–Crippen MR) is 116 cm³/mol. The van der Waals surface area contributed by atoms with Crippen molar-refractivity contribution in [3.8, 4) is 0 Å². The minimum atomic E-state index is 0.137. The Hall–Kier alpha value is -2.56. The van der Waals surface area contributed by atoms with E-state index in [4.69, 9.17) is 28.9 Å². The second kappa shape index (κ2) is 10.6. The van der Waals surface area contributed by atoms with Crippen molar-refractivity contribution >= 4 is 40.8 Å². The number of anilines is 2. The summed E-state index contributed by atoms with van der Waals surface area (Å²) in [6, 6.07) is 7.88. The molecule has 0 saturated carbocycles. The zero-order chi connectivity index (χ0) is 19.6. The first-order chi connectivity index (χ1) is 13.0. The number of nitrogens with two attached hydrogens (primary N) is 1. The van der Waals surface area contributed by atoms with Crippen LogP contribution in [0.3, 0.4) is 0 Å². The molecule has 140 valence electrons. The summed E-state index contributed by atoms with van der Waals surface area (Å²) in [6.45, 7) is 4.03. The third-order valence-corrected chi connectivity index (χ3v) is 3.92. The maximum atomic E-state index is 6.11. The molecule has 0 spiro atoms. The molecule has 0 unspecified atom stereocenters. The van der Waals surface area contributed by atoms with Crippen molar-refractivity contribution in [3.05, 3.63) is 88.0 Å². The molecule has 0 amide bonds. The van der Waals surface area contributed by atoms with E-state index < -0.39 is 0 Å². The summed E-state index contributed by atoms with van der Waals surface area (Å²) in [5.74, 6) is 0.464. The molecule has 6 heteroatoms. The summed E-state index contributed by atoms with van der Waals surface area (Å²) >= 11 is 11.9. The maximum Gasteiger partial charge on any atom is 0.224 e. The third kappa shape index (κ3) is 6.93. The molecule has 2 rings (SSSR count). The number of aromatic nitrogens is 2. The largest absolute Gasteiger partial charge is 0.399 e. The molecule has 0 fully saturated rings. The minimum Gasteiger partial charge on any atom is -0.399 e. The van der Waals surface area contributed by atoms with Gasteiger partial charge in [0.05, 0.1) is 6.20 Å². The van der Waals surface area contributed by atoms with Crippen LogP contribution in [-0.4, -0.2) is 9.97 Å². The van der Waals surface area contributed by atoms with Gasteiger partial charge in [-0.05, 0) is 60.4 Å². The monoisotopic (exact) mass is 400 g/mol. The molecule has 4 nitrogen and oxygen atoms in total. The van der Waals surface area contributed by atoms with E-state index in [1.807, 2.05) is 61.6 Å². The lowest BCUT2D eigenvalue weighted by atomic mass is 10.1. The predicted octanol–water partition coefficient (Wildman–Crippen LogP) is 6.30. The number of hydrogen-bond acceptors (Lipinski definition) is 4. The number of allylic oxidation sites excluding steroid dienone is 6. The molecule has 3 N–H and O–H groups in total. The van der Waals surface area contributed by atoms with Crippen molar-refractivity contribution in [1.29, 1.82) is 0 Å². The molecule has 2 aromatic rings. The third-order valence-electron chi connectivity index (χ3n) is 3.46. The lowest BCUT2D eigenvalue weighted by molar-refractivity contribution is 1.17. The first-order valence-corrected chi connectivity index (χ1v) is 9.30. The summed E-state index contributed by atoms with van der Waals surface area (Å²) in [4.78, 5) is 7.95. The molecule has 1 aromatic heterocycles. The van der Waals surface area contributed by atoms with Gasteiger partial charge in [-0.2, -0.15) is 4.98 Å². The number of halogens is 2. The van der Waals surface area contributed by atoms with Crippen LogP contribution in [0.15, 0.2) is 72.1 Å². The lowest BCUT2D eigenvalue weighted by Gasteiger charge is -2.08. The van der Waals surface area contributed by atoms with Gasteiger partial charge in [0, 0.05) is 11.4 Å². The van der Waals surface area contributed by atoms with Crippen LogP contribution in [0.4, 0.5) is 11.5 Å². The quantitative estimate of drug-likeness (QED) is 0.422. The second-order valence-corrected chi connectivity index (χ2v) is 6.42. The highest BCUT2D eigenvalue weighted by Gasteiger charge is 2.04. The Morgan fingerprint density at radius 2 is 2.07 bits per heavy atom. The number of benzene rings is 1. The van der Waals surface area contributed by atoms with Crippen LogP contribution >= 0.6 is 23.2 Å². The van der Waals surface area contributed by atoms with Gasteiger partial charge in [0.25, 0.3) is 0 Å². The van der Waals surface area contributed by atoms with E-state index in [-0.39, 0.29) is 5.28 Å². The van der Waals surface area contributed by atoms with Crippen molar-refractivity contribution in [1.82, 2.24) is 9.97 Å². The van der Waals surface area contributed by atoms with Gasteiger partial charge < -0.3 is 11.1 Å². The molecular formula is C21H22Cl2N4. The van der Waals surface area contributed by atoms with E-state index in [0.29, 0.717) is 16.5 Å². The number of hydrogen-bond donors (Lipinski definition) is 2. The van der Waals surface area contributed by atoms with Crippen molar-refractivity contribution in [2.24, 2.45) is 5.73 Å². The van der Waals surface area contributed by atoms with Gasteiger partial charge in [-0.25, -0.2) is 4.98 Å². The SMILES string of the molecule is C\C=C/C(N)=C\C(\C=C/c1cccc(Nc2nc(Cl)ncc2Cl)c1)=C\CC. The molecule has 1 aromatic carbocycles. The Balaban J connectivity index is 2.21. The van der Waals surface area contributed by atoms with E-state index in [1.165, 1.54) is 6.20 Å². The standard InChI is InChI=1S/C21H22Cl2N4/c1-3-6-15(12-17(24)7-4-2)10-11-16-8-5-9-18(13-16)26-20-19(22)14-25-21(23)27-20/h4-14H,3,24H2,1-2H3,(H,25,26,27)/b7-4-,11-10-,15-6+,17-12+. The van der Waals surface area contributed by atoms with Gasteiger partial charge in [-0.3, -0.25) is 0 Å². The van der Waals surface area contributed by atoms with Gasteiger partial charge in [-0.15, -0.1) is 0 Å². The van der Waals surface area contributed by atoms with Gasteiger partial charge in [0.2, 0.25) is 5.28 Å². The Morgan fingerprint density at radius 1 is 1.26 bits per heavy atom. The number of nitrogens with zero attached hydrogens (tertiary/aromatic N) is 2. The molecule has 0 atom stereocenters.